The fourth-order valence-electron chi connectivity index (χ4n) is 6.50. The molecule has 0 fully saturated rings. The Morgan fingerprint density at radius 1 is 0.450 bits per heavy atom. The van der Waals surface area contributed by atoms with Crippen molar-refractivity contribution in [3.8, 4) is 17.2 Å². The fourth-order valence-corrected chi connectivity index (χ4v) is 6.50. The van der Waals surface area contributed by atoms with Gasteiger partial charge in [0.05, 0.1) is 39.0 Å². The molecule has 9 aromatic rings. The predicted octanol–water partition coefficient (Wildman–Crippen LogP) is 8.95. The maximum Gasteiger partial charge on any atom is 0.138 e. The quantitative estimate of drug-likeness (QED) is 0.218. The molecule has 0 bridgehead atoms. The zero-order valence-electron chi connectivity index (χ0n) is 21.5. The summed E-state index contributed by atoms with van der Waals surface area (Å²) in [6.45, 7) is 0. The molecule has 0 aliphatic heterocycles. The lowest BCUT2D eigenvalue weighted by atomic mass is 10.00. The van der Waals surface area contributed by atoms with Crippen LogP contribution in [0.25, 0.3) is 77.1 Å². The number of rotatable bonds is 2. The molecule has 0 spiro atoms. The Kier molecular flexibility index (Phi) is 4.30. The topological polar surface area (TPSA) is 35.1 Å². The molecule has 9 rings (SSSR count). The van der Waals surface area contributed by atoms with Crippen LogP contribution < -0.4 is 0 Å². The first-order valence-corrected chi connectivity index (χ1v) is 13.5. The number of fused-ring (bicyclic) bond motifs is 12. The van der Waals surface area contributed by atoms with Gasteiger partial charge in [0.2, 0.25) is 0 Å². The lowest BCUT2D eigenvalue weighted by Crippen LogP contribution is -1.99. The van der Waals surface area contributed by atoms with Crippen LogP contribution in [0.2, 0.25) is 0 Å². The fraction of sp³-hybridized carbons (Fsp3) is 0. The normalized spacial score (nSPS) is 12.0. The Bertz CT molecular complexity index is 2430. The number of pyridine rings is 3. The zero-order valence-corrected chi connectivity index (χ0v) is 21.5. The molecule has 5 heterocycles. The van der Waals surface area contributed by atoms with E-state index in [9.17, 15) is 0 Å². The van der Waals surface area contributed by atoms with E-state index in [1.165, 1.54) is 48.9 Å². The Balaban J connectivity index is 1.49. The second-order valence-electron chi connectivity index (χ2n) is 10.3. The van der Waals surface area contributed by atoms with E-state index in [1.54, 1.807) is 0 Å². The van der Waals surface area contributed by atoms with Gasteiger partial charge in [-0.3, -0.25) is 9.55 Å². The molecule has 4 aromatic carbocycles. The molecule has 4 nitrogen and oxygen atoms in total. The van der Waals surface area contributed by atoms with Gasteiger partial charge in [-0.25, -0.2) is 4.98 Å². The van der Waals surface area contributed by atoms with Gasteiger partial charge in [-0.05, 0) is 60.0 Å². The largest absolute Gasteiger partial charge is 0.309 e. The van der Waals surface area contributed by atoms with E-state index in [-0.39, 0.29) is 0 Å². The van der Waals surface area contributed by atoms with E-state index in [0.29, 0.717) is 0 Å². The van der Waals surface area contributed by atoms with Crippen LogP contribution in [0.4, 0.5) is 0 Å². The smallest absolute Gasteiger partial charge is 0.138 e. The van der Waals surface area contributed by atoms with Gasteiger partial charge in [-0.1, -0.05) is 72.8 Å². The average Bonchev–Trinajstić information content (AvgIpc) is 3.58. The Morgan fingerprint density at radius 2 is 1.18 bits per heavy atom. The molecule has 40 heavy (non-hydrogen) atoms. The zero-order chi connectivity index (χ0) is 26.2. The van der Waals surface area contributed by atoms with Gasteiger partial charge in [0.15, 0.2) is 0 Å². The van der Waals surface area contributed by atoms with Crippen LogP contribution in [0, 0.1) is 0 Å². The molecule has 0 atom stereocenters. The van der Waals surface area contributed by atoms with Gasteiger partial charge in [-0.15, -0.1) is 0 Å². The SMILES string of the molecule is c1ccc(-c2cccc(-n3c4ccccc4c4c5c(ccc43)c3ccccc3n3c4ccccc4cc53)n2)nc1. The Labute approximate surface area is 229 Å². The third-order valence-corrected chi connectivity index (χ3v) is 8.13. The summed E-state index contributed by atoms with van der Waals surface area (Å²) in [5.41, 5.74) is 7.67. The molecule has 5 aromatic heterocycles. The lowest BCUT2D eigenvalue weighted by molar-refractivity contribution is 1.08. The molecular weight excluding hydrogens is 488 g/mol. The highest BCUT2D eigenvalue weighted by Crippen LogP contribution is 2.42. The minimum atomic E-state index is 0.857. The summed E-state index contributed by atoms with van der Waals surface area (Å²) in [6.07, 6.45) is 1.81. The summed E-state index contributed by atoms with van der Waals surface area (Å²) < 4.78 is 4.73. The number of benzene rings is 4. The minimum Gasteiger partial charge on any atom is -0.309 e. The third kappa shape index (κ3) is 2.85. The first-order chi connectivity index (χ1) is 19.9. The third-order valence-electron chi connectivity index (χ3n) is 8.13. The first kappa shape index (κ1) is 21.5. The number of nitrogens with zero attached hydrogens (tertiary/aromatic N) is 4. The highest BCUT2D eigenvalue weighted by atomic mass is 15.1. The van der Waals surface area contributed by atoms with Crippen LogP contribution in [0.3, 0.4) is 0 Å². The molecule has 0 saturated carbocycles. The van der Waals surface area contributed by atoms with Crippen molar-refractivity contribution in [2.75, 3.05) is 0 Å². The van der Waals surface area contributed by atoms with Crippen LogP contribution >= 0.6 is 0 Å². The Morgan fingerprint density at radius 3 is 2.05 bits per heavy atom. The second kappa shape index (κ2) is 8.01. The van der Waals surface area contributed by atoms with Crippen molar-refractivity contribution in [3.05, 3.63) is 134 Å². The van der Waals surface area contributed by atoms with E-state index >= 15 is 0 Å². The minimum absolute atomic E-state index is 0.857. The number of hydrogen-bond acceptors (Lipinski definition) is 2. The van der Waals surface area contributed by atoms with Gasteiger partial charge >= 0.3 is 0 Å². The van der Waals surface area contributed by atoms with Crippen molar-refractivity contribution >= 4 is 59.9 Å². The Hall–Kier alpha value is -5.48. The second-order valence-corrected chi connectivity index (χ2v) is 10.3. The van der Waals surface area contributed by atoms with Crippen LogP contribution in [0.15, 0.2) is 134 Å². The van der Waals surface area contributed by atoms with E-state index in [0.717, 1.165) is 28.2 Å². The van der Waals surface area contributed by atoms with Gasteiger partial charge in [0.1, 0.15) is 5.82 Å². The molecular formula is C36H22N4. The molecule has 0 aliphatic carbocycles. The van der Waals surface area contributed by atoms with Crippen LogP contribution in [-0.2, 0) is 0 Å². The molecule has 0 unspecified atom stereocenters. The average molecular weight is 511 g/mol. The lowest BCUT2D eigenvalue weighted by Gasteiger charge is -2.12. The van der Waals surface area contributed by atoms with E-state index in [4.69, 9.17) is 4.98 Å². The maximum absolute atomic E-state index is 5.11. The first-order valence-electron chi connectivity index (χ1n) is 13.5. The maximum atomic E-state index is 5.11. The molecule has 0 N–H and O–H groups in total. The highest BCUT2D eigenvalue weighted by Gasteiger charge is 2.20. The predicted molar refractivity (Wildman–Crippen MR) is 165 cm³/mol. The molecule has 0 amide bonds. The van der Waals surface area contributed by atoms with Crippen molar-refractivity contribution in [1.29, 1.82) is 0 Å². The molecule has 0 aliphatic rings. The van der Waals surface area contributed by atoms with Gasteiger partial charge < -0.3 is 4.40 Å². The summed E-state index contributed by atoms with van der Waals surface area (Å²) in [5, 5.41) is 7.48. The van der Waals surface area contributed by atoms with Gasteiger partial charge in [0, 0.05) is 33.1 Å². The summed E-state index contributed by atoms with van der Waals surface area (Å²) in [6, 6.07) is 45.1. The van der Waals surface area contributed by atoms with Crippen molar-refractivity contribution in [1.82, 2.24) is 18.9 Å². The summed E-state index contributed by atoms with van der Waals surface area (Å²) in [4.78, 5) is 9.65. The van der Waals surface area contributed by atoms with Crippen LogP contribution in [0.5, 0.6) is 0 Å². The molecule has 4 heteroatoms. The number of aromatic nitrogens is 4. The van der Waals surface area contributed by atoms with Crippen LogP contribution in [-0.4, -0.2) is 18.9 Å². The van der Waals surface area contributed by atoms with Crippen LogP contribution in [0.1, 0.15) is 0 Å². The van der Waals surface area contributed by atoms with Gasteiger partial charge in [-0.2, -0.15) is 0 Å². The summed E-state index contributed by atoms with van der Waals surface area (Å²) in [5.74, 6) is 0.881. The summed E-state index contributed by atoms with van der Waals surface area (Å²) >= 11 is 0. The number of hydrogen-bond donors (Lipinski definition) is 0. The molecule has 0 saturated heterocycles. The van der Waals surface area contributed by atoms with Crippen molar-refractivity contribution in [2.24, 2.45) is 0 Å². The summed E-state index contributed by atoms with van der Waals surface area (Å²) in [7, 11) is 0. The van der Waals surface area contributed by atoms with Crippen molar-refractivity contribution in [3.63, 3.8) is 0 Å². The standard InChI is InChI=1S/C36H22N4/c1-4-15-29-23(10-1)22-33-35-25(24-11-2-5-16-30(24)39(29)33)19-20-32-36(35)26-12-3-6-17-31(26)40(32)34-18-9-14-28(38-34)27-13-7-8-21-37-27/h1-22H. The number of para-hydroxylation sites is 3. The van der Waals surface area contributed by atoms with E-state index < -0.39 is 0 Å². The van der Waals surface area contributed by atoms with E-state index in [1.807, 2.05) is 30.5 Å². The van der Waals surface area contributed by atoms with Gasteiger partial charge in [0.25, 0.3) is 0 Å². The highest BCUT2D eigenvalue weighted by molar-refractivity contribution is 6.30. The monoisotopic (exact) mass is 510 g/mol. The van der Waals surface area contributed by atoms with Crippen molar-refractivity contribution < 1.29 is 0 Å². The molecule has 186 valence electrons. The van der Waals surface area contributed by atoms with E-state index in [2.05, 4.69) is 117 Å². The molecule has 0 radical (unpaired) electrons. The van der Waals surface area contributed by atoms with Crippen molar-refractivity contribution in [2.45, 2.75) is 0 Å².